The number of aromatic nitrogens is 4. The number of aryl methyl sites for hydroxylation is 2. The van der Waals surface area contributed by atoms with Crippen LogP contribution in [-0.4, -0.2) is 19.5 Å². The molecule has 0 unspecified atom stereocenters. The van der Waals surface area contributed by atoms with Gasteiger partial charge in [0.05, 0.1) is 23.8 Å². The molecule has 0 saturated heterocycles. The highest BCUT2D eigenvalue weighted by atomic mass is 15.2. The molecule has 0 bridgehead atoms. The average molecular weight is 189 g/mol. The van der Waals surface area contributed by atoms with Crippen molar-refractivity contribution in [1.29, 1.82) is 0 Å². The van der Waals surface area contributed by atoms with E-state index in [1.807, 2.05) is 24.7 Å². The van der Waals surface area contributed by atoms with E-state index in [4.69, 9.17) is 0 Å². The van der Waals surface area contributed by atoms with Gasteiger partial charge in [-0.25, -0.2) is 15.0 Å². The highest BCUT2D eigenvalue weighted by molar-refractivity contribution is 5.50. The van der Waals surface area contributed by atoms with Gasteiger partial charge in [-0.15, -0.1) is 0 Å². The molecule has 2 aromatic heterocycles. The SMILES string of the molecule is Cc1cn(C)c(Nc2cncnc2)n1. The van der Waals surface area contributed by atoms with E-state index in [0.717, 1.165) is 17.3 Å². The summed E-state index contributed by atoms with van der Waals surface area (Å²) in [5.41, 5.74) is 1.81. The van der Waals surface area contributed by atoms with Crippen LogP contribution in [0.1, 0.15) is 5.69 Å². The highest BCUT2D eigenvalue weighted by Crippen LogP contribution is 2.12. The minimum atomic E-state index is 0.789. The van der Waals surface area contributed by atoms with Crippen LogP contribution in [0, 0.1) is 6.92 Å². The van der Waals surface area contributed by atoms with Crippen molar-refractivity contribution < 1.29 is 0 Å². The molecule has 0 saturated carbocycles. The quantitative estimate of drug-likeness (QED) is 0.772. The third-order valence-corrected chi connectivity index (χ3v) is 1.81. The summed E-state index contributed by atoms with van der Waals surface area (Å²) in [4.78, 5) is 12.1. The van der Waals surface area contributed by atoms with Crippen LogP contribution in [0.25, 0.3) is 0 Å². The lowest BCUT2D eigenvalue weighted by Gasteiger charge is -2.03. The van der Waals surface area contributed by atoms with Gasteiger partial charge in [0.15, 0.2) is 0 Å². The molecule has 1 N–H and O–H groups in total. The summed E-state index contributed by atoms with van der Waals surface area (Å²) in [6.07, 6.45) is 6.86. The Morgan fingerprint density at radius 2 is 2.00 bits per heavy atom. The summed E-state index contributed by atoms with van der Waals surface area (Å²) in [5.74, 6) is 0.789. The van der Waals surface area contributed by atoms with E-state index in [1.54, 1.807) is 12.4 Å². The van der Waals surface area contributed by atoms with Crippen LogP contribution in [0.4, 0.5) is 11.6 Å². The Morgan fingerprint density at radius 1 is 1.29 bits per heavy atom. The molecule has 14 heavy (non-hydrogen) atoms. The maximum atomic E-state index is 4.30. The third kappa shape index (κ3) is 1.71. The number of hydrogen-bond acceptors (Lipinski definition) is 4. The number of anilines is 2. The molecule has 0 aliphatic heterocycles. The van der Waals surface area contributed by atoms with E-state index in [9.17, 15) is 0 Å². The molecular weight excluding hydrogens is 178 g/mol. The first-order valence-electron chi connectivity index (χ1n) is 4.28. The molecule has 5 nitrogen and oxygen atoms in total. The van der Waals surface area contributed by atoms with Gasteiger partial charge >= 0.3 is 0 Å². The first-order valence-corrected chi connectivity index (χ1v) is 4.28. The molecular formula is C9H11N5. The van der Waals surface area contributed by atoms with Gasteiger partial charge in [0.25, 0.3) is 0 Å². The minimum absolute atomic E-state index is 0.789. The summed E-state index contributed by atoms with van der Waals surface area (Å²) in [6, 6.07) is 0. The van der Waals surface area contributed by atoms with Gasteiger partial charge in [0.2, 0.25) is 5.95 Å². The Labute approximate surface area is 81.8 Å². The van der Waals surface area contributed by atoms with Crippen molar-refractivity contribution >= 4 is 11.6 Å². The zero-order valence-electron chi connectivity index (χ0n) is 8.10. The summed E-state index contributed by atoms with van der Waals surface area (Å²) >= 11 is 0. The summed E-state index contributed by atoms with van der Waals surface area (Å²) in [6.45, 7) is 1.95. The zero-order valence-corrected chi connectivity index (χ0v) is 8.10. The van der Waals surface area contributed by atoms with Gasteiger partial charge in [-0.1, -0.05) is 0 Å². The second kappa shape index (κ2) is 3.45. The molecule has 0 spiro atoms. The van der Waals surface area contributed by atoms with Crippen molar-refractivity contribution in [3.63, 3.8) is 0 Å². The van der Waals surface area contributed by atoms with E-state index < -0.39 is 0 Å². The van der Waals surface area contributed by atoms with Crippen LogP contribution >= 0.6 is 0 Å². The predicted octanol–water partition coefficient (Wildman–Crippen LogP) is 1.26. The fraction of sp³-hybridized carbons (Fsp3) is 0.222. The molecule has 0 radical (unpaired) electrons. The monoisotopic (exact) mass is 189 g/mol. The lowest BCUT2D eigenvalue weighted by atomic mass is 10.5. The molecule has 5 heteroatoms. The Bertz CT molecular complexity index is 420. The van der Waals surface area contributed by atoms with Crippen LogP contribution in [0.2, 0.25) is 0 Å². The summed E-state index contributed by atoms with van der Waals surface area (Å²) in [5, 5.41) is 3.12. The predicted molar refractivity (Wildman–Crippen MR) is 53.3 cm³/mol. The number of nitrogens with one attached hydrogen (secondary N) is 1. The lowest BCUT2D eigenvalue weighted by Crippen LogP contribution is -1.98. The van der Waals surface area contributed by atoms with Gasteiger partial charge in [-0.2, -0.15) is 0 Å². The fourth-order valence-corrected chi connectivity index (χ4v) is 1.23. The van der Waals surface area contributed by atoms with E-state index in [-0.39, 0.29) is 0 Å². The number of rotatable bonds is 2. The molecule has 2 rings (SSSR count). The third-order valence-electron chi connectivity index (χ3n) is 1.81. The lowest BCUT2D eigenvalue weighted by molar-refractivity contribution is 0.922. The topological polar surface area (TPSA) is 55.6 Å². The second-order valence-electron chi connectivity index (χ2n) is 3.07. The molecule has 0 aromatic carbocycles. The maximum Gasteiger partial charge on any atom is 0.207 e. The van der Waals surface area contributed by atoms with Crippen molar-refractivity contribution in [2.75, 3.05) is 5.32 Å². The van der Waals surface area contributed by atoms with Gasteiger partial charge in [-0.05, 0) is 6.92 Å². The Balaban J connectivity index is 2.23. The standard InChI is InChI=1S/C9H11N5/c1-7-5-14(2)9(12-7)13-8-3-10-6-11-4-8/h3-6H,1-2H3,(H,12,13). The van der Waals surface area contributed by atoms with Crippen LogP contribution in [0.15, 0.2) is 24.9 Å². The van der Waals surface area contributed by atoms with Gasteiger partial charge in [0.1, 0.15) is 6.33 Å². The van der Waals surface area contributed by atoms with Gasteiger partial charge < -0.3 is 9.88 Å². The molecule has 2 aromatic rings. The zero-order chi connectivity index (χ0) is 9.97. The van der Waals surface area contributed by atoms with Gasteiger partial charge in [0, 0.05) is 13.2 Å². The molecule has 72 valence electrons. The highest BCUT2D eigenvalue weighted by Gasteiger charge is 2.01. The average Bonchev–Trinajstić information content (AvgIpc) is 2.47. The molecule has 0 amide bonds. The second-order valence-corrected chi connectivity index (χ2v) is 3.07. The van der Waals surface area contributed by atoms with E-state index in [0.29, 0.717) is 0 Å². The van der Waals surface area contributed by atoms with Crippen LogP contribution in [0.5, 0.6) is 0 Å². The van der Waals surface area contributed by atoms with E-state index >= 15 is 0 Å². The molecule has 0 atom stereocenters. The number of imidazole rings is 1. The van der Waals surface area contributed by atoms with Crippen molar-refractivity contribution in [3.8, 4) is 0 Å². The largest absolute Gasteiger partial charge is 0.323 e. The molecule has 0 fully saturated rings. The number of nitrogens with zero attached hydrogens (tertiary/aromatic N) is 4. The van der Waals surface area contributed by atoms with E-state index in [2.05, 4.69) is 20.3 Å². The normalized spacial score (nSPS) is 10.1. The first kappa shape index (κ1) is 8.68. The minimum Gasteiger partial charge on any atom is -0.323 e. The van der Waals surface area contributed by atoms with Crippen molar-refractivity contribution in [3.05, 3.63) is 30.6 Å². The molecule has 0 aliphatic carbocycles. The molecule has 2 heterocycles. The Hall–Kier alpha value is -1.91. The summed E-state index contributed by atoms with van der Waals surface area (Å²) < 4.78 is 1.92. The molecule has 0 aliphatic rings. The first-order chi connectivity index (χ1) is 6.75. The smallest absolute Gasteiger partial charge is 0.207 e. The van der Waals surface area contributed by atoms with Crippen molar-refractivity contribution in [1.82, 2.24) is 19.5 Å². The Kier molecular flexibility index (Phi) is 2.14. The van der Waals surface area contributed by atoms with Crippen molar-refractivity contribution in [2.24, 2.45) is 7.05 Å². The van der Waals surface area contributed by atoms with Gasteiger partial charge in [-0.3, -0.25) is 0 Å². The van der Waals surface area contributed by atoms with Crippen LogP contribution < -0.4 is 5.32 Å². The maximum absolute atomic E-state index is 4.30. The van der Waals surface area contributed by atoms with E-state index in [1.165, 1.54) is 6.33 Å². The summed E-state index contributed by atoms with van der Waals surface area (Å²) in [7, 11) is 1.94. The van der Waals surface area contributed by atoms with Crippen molar-refractivity contribution in [2.45, 2.75) is 6.92 Å². The fourth-order valence-electron chi connectivity index (χ4n) is 1.23. The van der Waals surface area contributed by atoms with Crippen LogP contribution in [0.3, 0.4) is 0 Å². The Morgan fingerprint density at radius 3 is 2.57 bits per heavy atom. The number of hydrogen-bond donors (Lipinski definition) is 1. The van der Waals surface area contributed by atoms with Crippen LogP contribution in [-0.2, 0) is 7.05 Å².